The Hall–Kier alpha value is -1.47. The lowest BCUT2D eigenvalue weighted by atomic mass is 9.89. The van der Waals surface area contributed by atoms with Crippen LogP contribution in [0.4, 0.5) is 18.0 Å². The molecule has 5 nitrogen and oxygen atoms in total. The van der Waals surface area contributed by atoms with Crippen molar-refractivity contribution in [1.29, 1.82) is 0 Å². The lowest BCUT2D eigenvalue weighted by Gasteiger charge is -2.43. The first-order valence-electron chi connectivity index (χ1n) is 5.91. The SMILES string of the molecule is CN(CC(F)(F)F)C(=O)N1CCCCC1(C)C(=O)O. The first-order valence-corrected chi connectivity index (χ1v) is 5.91. The number of carboxylic acids is 1. The summed E-state index contributed by atoms with van der Waals surface area (Å²) in [5.41, 5.74) is -1.44. The third-order valence-electron chi connectivity index (χ3n) is 3.33. The summed E-state index contributed by atoms with van der Waals surface area (Å²) in [6, 6.07) is -0.901. The number of halogens is 3. The van der Waals surface area contributed by atoms with Crippen LogP contribution in [0.15, 0.2) is 0 Å². The molecular weight excluding hydrogens is 265 g/mol. The summed E-state index contributed by atoms with van der Waals surface area (Å²) in [5.74, 6) is -1.19. The zero-order chi connectivity index (χ0) is 14.8. The average molecular weight is 282 g/mol. The standard InChI is InChI=1S/C11H17F3N2O3/c1-10(8(17)18)5-3-4-6-16(10)9(19)15(2)7-11(12,13)14/h3-7H2,1-2H3,(H,17,18). The van der Waals surface area contributed by atoms with Gasteiger partial charge in [0.15, 0.2) is 0 Å². The Balaban J connectivity index is 2.86. The van der Waals surface area contributed by atoms with Crippen molar-refractivity contribution in [3.63, 3.8) is 0 Å². The van der Waals surface area contributed by atoms with Crippen LogP contribution in [-0.2, 0) is 4.79 Å². The summed E-state index contributed by atoms with van der Waals surface area (Å²) < 4.78 is 36.8. The molecule has 0 spiro atoms. The van der Waals surface area contributed by atoms with E-state index >= 15 is 0 Å². The Labute approximate surface area is 109 Å². The fraction of sp³-hybridized carbons (Fsp3) is 0.818. The van der Waals surface area contributed by atoms with Crippen LogP contribution in [0.5, 0.6) is 0 Å². The van der Waals surface area contributed by atoms with Gasteiger partial charge in [-0.1, -0.05) is 0 Å². The van der Waals surface area contributed by atoms with Crippen molar-refractivity contribution >= 4 is 12.0 Å². The molecule has 0 radical (unpaired) electrons. The lowest BCUT2D eigenvalue weighted by molar-refractivity contribution is -0.152. The van der Waals surface area contributed by atoms with Gasteiger partial charge in [-0.2, -0.15) is 13.2 Å². The second-order valence-electron chi connectivity index (χ2n) is 4.94. The number of nitrogens with zero attached hydrogens (tertiary/aromatic N) is 2. The van der Waals surface area contributed by atoms with Gasteiger partial charge in [-0.05, 0) is 26.2 Å². The lowest BCUT2D eigenvalue weighted by Crippen LogP contribution is -2.60. The zero-order valence-corrected chi connectivity index (χ0v) is 10.8. The molecule has 1 atom stereocenters. The molecule has 0 aromatic heterocycles. The highest BCUT2D eigenvalue weighted by Gasteiger charge is 2.45. The number of alkyl halides is 3. The molecule has 8 heteroatoms. The molecule has 0 saturated carbocycles. The highest BCUT2D eigenvalue weighted by molar-refractivity contribution is 5.86. The number of rotatable bonds is 2. The zero-order valence-electron chi connectivity index (χ0n) is 10.8. The molecule has 1 fully saturated rings. The first kappa shape index (κ1) is 15.6. The van der Waals surface area contributed by atoms with Crippen molar-refractivity contribution in [2.45, 2.75) is 37.9 Å². The van der Waals surface area contributed by atoms with E-state index in [1.54, 1.807) is 0 Å². The van der Waals surface area contributed by atoms with Crippen LogP contribution in [0, 0.1) is 0 Å². The predicted molar refractivity (Wildman–Crippen MR) is 60.7 cm³/mol. The Morgan fingerprint density at radius 3 is 2.42 bits per heavy atom. The highest BCUT2D eigenvalue weighted by Crippen LogP contribution is 2.29. The van der Waals surface area contributed by atoms with Crippen molar-refractivity contribution in [2.75, 3.05) is 20.1 Å². The maximum atomic E-state index is 12.3. The normalized spacial score (nSPS) is 24.2. The van der Waals surface area contributed by atoms with Gasteiger partial charge in [-0.15, -0.1) is 0 Å². The smallest absolute Gasteiger partial charge is 0.406 e. The number of piperidine rings is 1. The summed E-state index contributed by atoms with van der Waals surface area (Å²) in [5, 5.41) is 9.20. The Kier molecular flexibility index (Phi) is 4.32. The average Bonchev–Trinajstić information content (AvgIpc) is 2.26. The van der Waals surface area contributed by atoms with E-state index in [1.165, 1.54) is 6.92 Å². The van der Waals surface area contributed by atoms with Gasteiger partial charge in [0.2, 0.25) is 0 Å². The Morgan fingerprint density at radius 2 is 1.95 bits per heavy atom. The maximum Gasteiger partial charge on any atom is 0.406 e. The number of carbonyl (C=O) groups excluding carboxylic acids is 1. The van der Waals surface area contributed by atoms with E-state index < -0.39 is 30.3 Å². The highest BCUT2D eigenvalue weighted by atomic mass is 19.4. The van der Waals surface area contributed by atoms with Gasteiger partial charge in [-0.3, -0.25) is 0 Å². The van der Waals surface area contributed by atoms with Gasteiger partial charge in [0, 0.05) is 13.6 Å². The molecular formula is C11H17F3N2O3. The van der Waals surface area contributed by atoms with Crippen LogP contribution in [0.3, 0.4) is 0 Å². The molecule has 19 heavy (non-hydrogen) atoms. The fourth-order valence-electron chi connectivity index (χ4n) is 2.19. The number of carbonyl (C=O) groups is 2. The number of hydrogen-bond donors (Lipinski definition) is 1. The van der Waals surface area contributed by atoms with E-state index in [1.807, 2.05) is 0 Å². The van der Waals surface area contributed by atoms with Crippen LogP contribution >= 0.6 is 0 Å². The molecule has 1 N–H and O–H groups in total. The van der Waals surface area contributed by atoms with Crippen LogP contribution in [0.25, 0.3) is 0 Å². The van der Waals surface area contributed by atoms with Gasteiger partial charge >= 0.3 is 18.2 Å². The molecule has 1 aliphatic rings. The molecule has 0 aromatic rings. The van der Waals surface area contributed by atoms with E-state index in [-0.39, 0.29) is 13.0 Å². The van der Waals surface area contributed by atoms with Crippen LogP contribution < -0.4 is 0 Å². The number of carboxylic acid groups (broad SMARTS) is 1. The minimum atomic E-state index is -4.50. The van der Waals surface area contributed by atoms with Gasteiger partial charge in [0.05, 0.1) is 0 Å². The topological polar surface area (TPSA) is 60.9 Å². The van der Waals surface area contributed by atoms with Gasteiger partial charge in [0.25, 0.3) is 0 Å². The summed E-state index contributed by atoms with van der Waals surface area (Å²) in [6.45, 7) is 0.135. The molecule has 1 rings (SSSR count). The van der Waals surface area contributed by atoms with Crippen LogP contribution in [0.2, 0.25) is 0 Å². The number of hydrogen-bond acceptors (Lipinski definition) is 2. The van der Waals surface area contributed by atoms with E-state index in [0.717, 1.165) is 11.9 Å². The van der Waals surface area contributed by atoms with E-state index in [2.05, 4.69) is 0 Å². The fourth-order valence-corrected chi connectivity index (χ4v) is 2.19. The van der Waals surface area contributed by atoms with Crippen molar-refractivity contribution < 1.29 is 27.9 Å². The second kappa shape index (κ2) is 5.26. The third kappa shape index (κ3) is 3.51. The molecule has 1 saturated heterocycles. The molecule has 0 bridgehead atoms. The number of aliphatic carboxylic acids is 1. The van der Waals surface area contributed by atoms with Gasteiger partial charge in [0.1, 0.15) is 12.1 Å². The predicted octanol–water partition coefficient (Wildman–Crippen LogP) is 1.93. The maximum absolute atomic E-state index is 12.3. The molecule has 0 aliphatic carbocycles. The van der Waals surface area contributed by atoms with Crippen molar-refractivity contribution in [3.8, 4) is 0 Å². The number of amides is 2. The van der Waals surface area contributed by atoms with Crippen molar-refractivity contribution in [1.82, 2.24) is 9.80 Å². The minimum Gasteiger partial charge on any atom is -0.480 e. The number of urea groups is 1. The van der Waals surface area contributed by atoms with Crippen LogP contribution in [-0.4, -0.2) is 58.8 Å². The van der Waals surface area contributed by atoms with E-state index in [4.69, 9.17) is 0 Å². The third-order valence-corrected chi connectivity index (χ3v) is 3.33. The van der Waals surface area contributed by atoms with Gasteiger partial charge in [-0.25, -0.2) is 9.59 Å². The Morgan fingerprint density at radius 1 is 1.37 bits per heavy atom. The molecule has 110 valence electrons. The summed E-state index contributed by atoms with van der Waals surface area (Å²) in [6.07, 6.45) is -3.03. The van der Waals surface area contributed by atoms with E-state index in [9.17, 15) is 27.9 Å². The molecule has 1 aliphatic heterocycles. The van der Waals surface area contributed by atoms with Gasteiger partial charge < -0.3 is 14.9 Å². The summed E-state index contributed by atoms with van der Waals surface area (Å²) in [7, 11) is 1.02. The summed E-state index contributed by atoms with van der Waals surface area (Å²) in [4.78, 5) is 24.8. The van der Waals surface area contributed by atoms with Crippen molar-refractivity contribution in [2.24, 2.45) is 0 Å². The molecule has 0 aromatic carbocycles. The van der Waals surface area contributed by atoms with E-state index in [0.29, 0.717) is 17.7 Å². The van der Waals surface area contributed by atoms with Crippen LogP contribution in [0.1, 0.15) is 26.2 Å². The summed E-state index contributed by atoms with van der Waals surface area (Å²) >= 11 is 0. The molecule has 2 amide bonds. The van der Waals surface area contributed by atoms with Crippen molar-refractivity contribution in [3.05, 3.63) is 0 Å². The Bertz CT molecular complexity index is 373. The molecule has 1 heterocycles. The monoisotopic (exact) mass is 282 g/mol. The largest absolute Gasteiger partial charge is 0.480 e. The first-order chi connectivity index (χ1) is 8.58. The molecule has 1 unspecified atom stereocenters. The quantitative estimate of drug-likeness (QED) is 0.842. The number of likely N-dealkylation sites (tertiary alicyclic amines) is 1. The second-order valence-corrected chi connectivity index (χ2v) is 4.94. The minimum absolute atomic E-state index is 0.157.